The van der Waals surface area contributed by atoms with Crippen molar-refractivity contribution < 1.29 is 39.2 Å². The molecule has 4 unspecified atom stereocenters. The van der Waals surface area contributed by atoms with Gasteiger partial charge in [0.25, 0.3) is 0 Å². The summed E-state index contributed by atoms with van der Waals surface area (Å²) < 4.78 is 5.17. The first kappa shape index (κ1) is 34.2. The van der Waals surface area contributed by atoms with E-state index in [2.05, 4.69) is 16.0 Å². The van der Waals surface area contributed by atoms with E-state index in [9.17, 15) is 34.5 Å². The van der Waals surface area contributed by atoms with Gasteiger partial charge < -0.3 is 36.0 Å². The van der Waals surface area contributed by atoms with Crippen LogP contribution in [0.3, 0.4) is 0 Å². The van der Waals surface area contributed by atoms with Gasteiger partial charge in [-0.3, -0.25) is 9.59 Å². The van der Waals surface area contributed by atoms with Crippen molar-refractivity contribution in [3.8, 4) is 0 Å². The fraction of sp³-hybridized carbons (Fsp3) is 0.484. The number of benzene rings is 2. The van der Waals surface area contributed by atoms with Crippen molar-refractivity contribution in [2.75, 3.05) is 0 Å². The van der Waals surface area contributed by atoms with Gasteiger partial charge in [-0.2, -0.15) is 0 Å². The fourth-order valence-corrected chi connectivity index (χ4v) is 4.46. The number of amides is 3. The number of carbonyl (C=O) groups is 4. The molecule has 0 aliphatic carbocycles. The second-order valence-electron chi connectivity index (χ2n) is 11.1. The topological polar surface area (TPSA) is 174 Å². The Labute approximate surface area is 246 Å². The highest BCUT2D eigenvalue weighted by Gasteiger charge is 2.40. The summed E-state index contributed by atoms with van der Waals surface area (Å²) in [5.41, 5.74) is 1.14. The van der Waals surface area contributed by atoms with Gasteiger partial charge >= 0.3 is 12.1 Å². The van der Waals surface area contributed by atoms with Crippen LogP contribution in [0, 0.1) is 11.8 Å². The molecule has 0 saturated heterocycles. The smallest absolute Gasteiger partial charge is 0.408 e. The lowest BCUT2D eigenvalue weighted by molar-refractivity contribution is -0.144. The largest absolute Gasteiger partial charge is 0.480 e. The Morgan fingerprint density at radius 2 is 1.33 bits per heavy atom. The van der Waals surface area contributed by atoms with E-state index >= 15 is 0 Å². The minimum atomic E-state index is -1.71. The van der Waals surface area contributed by atoms with E-state index in [1.807, 2.05) is 32.0 Å². The number of hydrogen-bond acceptors (Lipinski definition) is 7. The summed E-state index contributed by atoms with van der Waals surface area (Å²) >= 11 is 0. The molecule has 0 fully saturated rings. The number of aliphatic carboxylic acids is 1. The number of rotatable bonds is 15. The van der Waals surface area contributed by atoms with Gasteiger partial charge in [0, 0.05) is 0 Å². The number of aliphatic hydroxyl groups excluding tert-OH is 2. The summed E-state index contributed by atoms with van der Waals surface area (Å²) in [4.78, 5) is 50.4. The number of carboxylic acid groups (broad SMARTS) is 1. The highest BCUT2D eigenvalue weighted by molar-refractivity contribution is 5.89. The molecule has 42 heavy (non-hydrogen) atoms. The SMILES string of the molecule is CC(C)CC(NC(=O)[C@H](C)NC(=O)OCc1ccccc1)C(O)C(O)C(C(=O)N[C@H](C(=O)O)C(C)C)c1ccccc1. The van der Waals surface area contributed by atoms with Crippen LogP contribution in [-0.4, -0.2) is 69.5 Å². The second kappa shape index (κ2) is 16.5. The van der Waals surface area contributed by atoms with Crippen LogP contribution in [-0.2, 0) is 25.7 Å². The summed E-state index contributed by atoms with van der Waals surface area (Å²) in [6.07, 6.45) is -3.90. The molecule has 0 radical (unpaired) electrons. The highest BCUT2D eigenvalue weighted by atomic mass is 16.5. The minimum absolute atomic E-state index is 0.0182. The van der Waals surface area contributed by atoms with Crippen LogP contribution in [0.1, 0.15) is 58.1 Å². The lowest BCUT2D eigenvalue weighted by atomic mass is 9.84. The van der Waals surface area contributed by atoms with Crippen molar-refractivity contribution in [3.05, 3.63) is 71.8 Å². The molecule has 6 N–H and O–H groups in total. The van der Waals surface area contributed by atoms with Crippen LogP contribution in [0.25, 0.3) is 0 Å². The van der Waals surface area contributed by atoms with Gasteiger partial charge in [0.1, 0.15) is 24.8 Å². The number of alkyl carbamates (subject to hydrolysis) is 1. The molecule has 11 nitrogen and oxygen atoms in total. The average molecular weight is 586 g/mol. The quantitative estimate of drug-likeness (QED) is 0.185. The third-order valence-electron chi connectivity index (χ3n) is 6.77. The van der Waals surface area contributed by atoms with E-state index in [1.54, 1.807) is 56.3 Å². The average Bonchev–Trinajstić information content (AvgIpc) is 2.94. The lowest BCUT2D eigenvalue weighted by Crippen LogP contribution is -2.56. The van der Waals surface area contributed by atoms with E-state index < -0.39 is 66.0 Å². The molecule has 230 valence electrons. The van der Waals surface area contributed by atoms with Crippen LogP contribution in [0.15, 0.2) is 60.7 Å². The van der Waals surface area contributed by atoms with Crippen molar-refractivity contribution in [3.63, 3.8) is 0 Å². The standard InChI is InChI=1S/C31H43N3O8/c1-18(2)16-23(33-28(37)20(5)32-31(41)42-17-21-12-8-6-9-13-21)26(35)27(36)24(22-14-10-7-11-15-22)29(38)34-25(19(3)4)30(39)40/h6-15,18-20,23-27,35-36H,16-17H2,1-5H3,(H,32,41)(H,33,37)(H,34,38)(H,39,40)/t20-,23?,24?,25-,26?,27?/m0/s1. The molecule has 11 heteroatoms. The summed E-state index contributed by atoms with van der Waals surface area (Å²) in [5, 5.41) is 39.8. The van der Waals surface area contributed by atoms with Crippen LogP contribution in [0.2, 0.25) is 0 Å². The number of nitrogens with one attached hydrogen (secondary N) is 3. The molecule has 0 aliphatic heterocycles. The molecule has 0 saturated carbocycles. The predicted octanol–water partition coefficient (Wildman–Crippen LogP) is 2.56. The van der Waals surface area contributed by atoms with Crippen LogP contribution < -0.4 is 16.0 Å². The number of carbonyl (C=O) groups excluding carboxylic acids is 3. The maximum absolute atomic E-state index is 13.4. The third-order valence-corrected chi connectivity index (χ3v) is 6.77. The Balaban J connectivity index is 2.19. The molecule has 0 aliphatic rings. The predicted molar refractivity (Wildman–Crippen MR) is 156 cm³/mol. The first-order valence-electron chi connectivity index (χ1n) is 14.0. The van der Waals surface area contributed by atoms with E-state index in [-0.39, 0.29) is 18.9 Å². The maximum atomic E-state index is 13.4. The van der Waals surface area contributed by atoms with Crippen molar-refractivity contribution in [2.24, 2.45) is 11.8 Å². The molecular weight excluding hydrogens is 542 g/mol. The monoisotopic (exact) mass is 585 g/mol. The van der Waals surface area contributed by atoms with E-state index in [1.165, 1.54) is 6.92 Å². The van der Waals surface area contributed by atoms with E-state index in [4.69, 9.17) is 4.74 Å². The molecular formula is C31H43N3O8. The Kier molecular flexibility index (Phi) is 13.4. The summed E-state index contributed by atoms with van der Waals surface area (Å²) in [6, 6.07) is 14.0. The third kappa shape index (κ3) is 10.5. The normalized spacial score (nSPS) is 15.5. The highest BCUT2D eigenvalue weighted by Crippen LogP contribution is 2.26. The Morgan fingerprint density at radius 3 is 1.86 bits per heavy atom. The van der Waals surface area contributed by atoms with Crippen LogP contribution >= 0.6 is 0 Å². The van der Waals surface area contributed by atoms with Crippen molar-refractivity contribution in [2.45, 2.75) is 83.9 Å². The molecule has 0 spiro atoms. The van der Waals surface area contributed by atoms with Crippen LogP contribution in [0.4, 0.5) is 4.79 Å². The van der Waals surface area contributed by atoms with Gasteiger partial charge in [0.15, 0.2) is 0 Å². The number of carboxylic acids is 1. The van der Waals surface area contributed by atoms with Gasteiger partial charge in [0.2, 0.25) is 11.8 Å². The molecule has 0 bridgehead atoms. The fourth-order valence-electron chi connectivity index (χ4n) is 4.46. The Hall–Kier alpha value is -3.96. The number of hydrogen-bond donors (Lipinski definition) is 6. The van der Waals surface area contributed by atoms with E-state index in [0.29, 0.717) is 5.56 Å². The zero-order valence-corrected chi connectivity index (χ0v) is 24.7. The van der Waals surface area contributed by atoms with Gasteiger partial charge in [-0.15, -0.1) is 0 Å². The minimum Gasteiger partial charge on any atom is -0.480 e. The molecule has 2 aromatic rings. The summed E-state index contributed by atoms with van der Waals surface area (Å²) in [7, 11) is 0. The zero-order chi connectivity index (χ0) is 31.4. The first-order valence-corrected chi connectivity index (χ1v) is 14.0. The van der Waals surface area contributed by atoms with E-state index in [0.717, 1.165) is 5.56 Å². The van der Waals surface area contributed by atoms with Gasteiger partial charge in [0.05, 0.1) is 18.1 Å². The van der Waals surface area contributed by atoms with Crippen molar-refractivity contribution in [1.29, 1.82) is 0 Å². The van der Waals surface area contributed by atoms with Crippen LogP contribution in [0.5, 0.6) is 0 Å². The molecule has 0 heterocycles. The van der Waals surface area contributed by atoms with Crippen molar-refractivity contribution in [1.82, 2.24) is 16.0 Å². The molecule has 0 aromatic heterocycles. The molecule has 3 amide bonds. The molecule has 2 rings (SSSR count). The molecule has 2 aromatic carbocycles. The second-order valence-corrected chi connectivity index (χ2v) is 11.1. The Bertz CT molecular complexity index is 1160. The Morgan fingerprint density at radius 1 is 0.762 bits per heavy atom. The number of aliphatic hydroxyl groups is 2. The number of ether oxygens (including phenoxy) is 1. The van der Waals surface area contributed by atoms with Gasteiger partial charge in [-0.1, -0.05) is 88.4 Å². The lowest BCUT2D eigenvalue weighted by Gasteiger charge is -2.34. The zero-order valence-electron chi connectivity index (χ0n) is 24.7. The first-order chi connectivity index (χ1) is 19.8. The van der Waals surface area contributed by atoms with Gasteiger partial charge in [-0.05, 0) is 36.3 Å². The summed E-state index contributed by atoms with van der Waals surface area (Å²) in [5.74, 6) is -4.44. The molecule has 6 atom stereocenters. The van der Waals surface area contributed by atoms with Gasteiger partial charge in [-0.25, -0.2) is 9.59 Å². The van der Waals surface area contributed by atoms with Crippen molar-refractivity contribution >= 4 is 23.9 Å². The maximum Gasteiger partial charge on any atom is 0.408 e. The summed E-state index contributed by atoms with van der Waals surface area (Å²) in [6.45, 7) is 8.48.